The molecule has 0 saturated heterocycles. The van der Waals surface area contributed by atoms with Gasteiger partial charge in [0.2, 0.25) is 0 Å². The molecule has 3 nitrogen and oxygen atoms in total. The van der Waals surface area contributed by atoms with Gasteiger partial charge in [-0.2, -0.15) is 0 Å². The van der Waals surface area contributed by atoms with Gasteiger partial charge < -0.3 is 0 Å². The normalized spacial score (nSPS) is 11.6. The average Bonchev–Trinajstić information content (AvgIpc) is 2.21. The first-order chi connectivity index (χ1) is 6.79. The fourth-order valence-corrected chi connectivity index (χ4v) is 1.34. The second kappa shape index (κ2) is 5.38. The molecule has 1 aromatic heterocycles. The van der Waals surface area contributed by atoms with Crippen LogP contribution in [0.25, 0.3) is 0 Å². The number of hydrazine groups is 1. The fraction of sp³-hybridized carbons (Fsp3) is 0.364. The Bertz CT molecular complexity index is 349. The first kappa shape index (κ1) is 10.7. The lowest BCUT2D eigenvalue weighted by atomic mass is 10.0. The minimum Gasteiger partial charge on any atom is -0.271 e. The summed E-state index contributed by atoms with van der Waals surface area (Å²) in [5, 5.41) is 0. The van der Waals surface area contributed by atoms with E-state index >= 15 is 0 Å². The molecule has 0 aromatic carbocycles. The van der Waals surface area contributed by atoms with E-state index in [0.29, 0.717) is 0 Å². The number of pyridine rings is 1. The summed E-state index contributed by atoms with van der Waals surface area (Å²) in [6.45, 7) is 3.85. The van der Waals surface area contributed by atoms with E-state index in [1.54, 1.807) is 6.20 Å². The lowest BCUT2D eigenvalue weighted by molar-refractivity contribution is 0.564. The Morgan fingerprint density at radius 3 is 3.00 bits per heavy atom. The van der Waals surface area contributed by atoms with Crippen LogP contribution in [0, 0.1) is 18.8 Å². The molecule has 0 spiro atoms. The van der Waals surface area contributed by atoms with Crippen LogP contribution in [0.5, 0.6) is 0 Å². The van der Waals surface area contributed by atoms with E-state index in [1.165, 1.54) is 0 Å². The van der Waals surface area contributed by atoms with Crippen LogP contribution in [0.1, 0.15) is 30.5 Å². The number of rotatable bonds is 3. The van der Waals surface area contributed by atoms with Crippen molar-refractivity contribution in [3.05, 3.63) is 29.6 Å². The largest absolute Gasteiger partial charge is 0.271 e. The van der Waals surface area contributed by atoms with Gasteiger partial charge in [0.25, 0.3) is 0 Å². The van der Waals surface area contributed by atoms with Gasteiger partial charge in [0.15, 0.2) is 0 Å². The van der Waals surface area contributed by atoms with Crippen LogP contribution in [0.4, 0.5) is 0 Å². The smallest absolute Gasteiger partial charge is 0.0572 e. The Hall–Kier alpha value is -1.37. The third-order valence-corrected chi connectivity index (χ3v) is 2.12. The van der Waals surface area contributed by atoms with Gasteiger partial charge >= 0.3 is 0 Å². The summed E-state index contributed by atoms with van der Waals surface area (Å²) in [7, 11) is 0. The quantitative estimate of drug-likeness (QED) is 0.428. The molecule has 1 heterocycles. The Balaban J connectivity index is 2.87. The number of aromatic nitrogens is 1. The second-order valence-corrected chi connectivity index (χ2v) is 3.08. The van der Waals surface area contributed by atoms with Gasteiger partial charge in [-0.25, -0.2) is 0 Å². The zero-order valence-electron chi connectivity index (χ0n) is 8.54. The monoisotopic (exact) mass is 189 g/mol. The number of aryl methyl sites for hydroxylation is 1. The van der Waals surface area contributed by atoms with Crippen molar-refractivity contribution in [2.75, 3.05) is 0 Å². The molecular formula is C11H15N3. The molecule has 3 heteroatoms. The molecule has 0 aliphatic carbocycles. The Labute approximate surface area is 84.7 Å². The van der Waals surface area contributed by atoms with Crippen molar-refractivity contribution in [2.45, 2.75) is 26.3 Å². The first-order valence-electron chi connectivity index (χ1n) is 4.55. The number of nitrogens with two attached hydrogens (primary N) is 1. The molecule has 0 bridgehead atoms. The van der Waals surface area contributed by atoms with E-state index in [1.807, 2.05) is 26.1 Å². The van der Waals surface area contributed by atoms with Gasteiger partial charge in [-0.3, -0.25) is 16.3 Å². The number of nitrogens with zero attached hydrogens (tertiary/aromatic N) is 1. The van der Waals surface area contributed by atoms with E-state index in [0.717, 1.165) is 17.5 Å². The summed E-state index contributed by atoms with van der Waals surface area (Å²) >= 11 is 0. The number of nitrogens with one attached hydrogen (secondary N) is 1. The van der Waals surface area contributed by atoms with E-state index in [-0.39, 0.29) is 6.04 Å². The van der Waals surface area contributed by atoms with Crippen molar-refractivity contribution in [3.8, 4) is 11.8 Å². The molecule has 74 valence electrons. The summed E-state index contributed by atoms with van der Waals surface area (Å²) < 4.78 is 0. The maximum Gasteiger partial charge on any atom is 0.0572 e. The van der Waals surface area contributed by atoms with Gasteiger partial charge in [0.1, 0.15) is 0 Å². The average molecular weight is 189 g/mol. The molecule has 3 N–H and O–H groups in total. The molecule has 1 unspecified atom stereocenters. The minimum absolute atomic E-state index is 0.0884. The molecule has 1 rings (SSSR count). The third kappa shape index (κ3) is 2.56. The number of hydrogen-bond acceptors (Lipinski definition) is 3. The lowest BCUT2D eigenvalue weighted by Crippen LogP contribution is -2.28. The standard InChI is InChI=1S/C11H15N3/c1-3-4-5-11(14-12)10-6-7-13-8-9(10)2/h6-8,11,14H,5,12H2,1-2H3. The van der Waals surface area contributed by atoms with Gasteiger partial charge in [0, 0.05) is 18.8 Å². The zero-order valence-corrected chi connectivity index (χ0v) is 8.54. The Kier molecular flexibility index (Phi) is 4.11. The molecule has 0 fully saturated rings. The van der Waals surface area contributed by atoms with Crippen molar-refractivity contribution in [1.29, 1.82) is 0 Å². The molecule has 0 aliphatic rings. The fourth-order valence-electron chi connectivity index (χ4n) is 1.34. The SMILES string of the molecule is CC#CCC(NN)c1ccncc1C. The van der Waals surface area contributed by atoms with E-state index in [4.69, 9.17) is 5.84 Å². The molecular weight excluding hydrogens is 174 g/mol. The van der Waals surface area contributed by atoms with Crippen molar-refractivity contribution in [2.24, 2.45) is 5.84 Å². The van der Waals surface area contributed by atoms with Gasteiger partial charge in [0.05, 0.1) is 6.04 Å². The molecule has 0 saturated carbocycles. The van der Waals surface area contributed by atoms with Crippen LogP contribution in [-0.2, 0) is 0 Å². The second-order valence-electron chi connectivity index (χ2n) is 3.08. The van der Waals surface area contributed by atoms with Crippen molar-refractivity contribution in [3.63, 3.8) is 0 Å². The highest BCUT2D eigenvalue weighted by atomic mass is 15.2. The topological polar surface area (TPSA) is 50.9 Å². The molecule has 0 aliphatic heterocycles. The highest BCUT2D eigenvalue weighted by molar-refractivity contribution is 5.26. The summed E-state index contributed by atoms with van der Waals surface area (Å²) in [5.41, 5.74) is 5.05. The predicted octanol–water partition coefficient (Wildman–Crippen LogP) is 1.31. The van der Waals surface area contributed by atoms with Gasteiger partial charge in [-0.05, 0) is 31.0 Å². The van der Waals surface area contributed by atoms with E-state index in [2.05, 4.69) is 22.3 Å². The van der Waals surface area contributed by atoms with Crippen LogP contribution < -0.4 is 11.3 Å². The van der Waals surface area contributed by atoms with E-state index in [9.17, 15) is 0 Å². The Morgan fingerprint density at radius 1 is 1.64 bits per heavy atom. The molecule has 1 atom stereocenters. The van der Waals surface area contributed by atoms with Gasteiger partial charge in [-0.15, -0.1) is 11.8 Å². The van der Waals surface area contributed by atoms with Crippen molar-refractivity contribution in [1.82, 2.24) is 10.4 Å². The number of hydrogen-bond donors (Lipinski definition) is 2. The van der Waals surface area contributed by atoms with E-state index < -0.39 is 0 Å². The maximum atomic E-state index is 5.48. The third-order valence-electron chi connectivity index (χ3n) is 2.12. The zero-order chi connectivity index (χ0) is 10.4. The highest BCUT2D eigenvalue weighted by Crippen LogP contribution is 2.17. The lowest BCUT2D eigenvalue weighted by Gasteiger charge is -2.15. The van der Waals surface area contributed by atoms with Crippen LogP contribution in [0.15, 0.2) is 18.5 Å². The predicted molar refractivity (Wildman–Crippen MR) is 57.1 cm³/mol. The van der Waals surface area contributed by atoms with Crippen LogP contribution in [-0.4, -0.2) is 4.98 Å². The summed E-state index contributed by atoms with van der Waals surface area (Å²) in [6, 6.07) is 2.06. The summed E-state index contributed by atoms with van der Waals surface area (Å²) in [4.78, 5) is 4.04. The molecule has 0 amide bonds. The summed E-state index contributed by atoms with van der Waals surface area (Å²) in [5.74, 6) is 11.3. The van der Waals surface area contributed by atoms with Gasteiger partial charge in [-0.1, -0.05) is 0 Å². The molecule has 14 heavy (non-hydrogen) atoms. The molecule has 0 radical (unpaired) electrons. The maximum absolute atomic E-state index is 5.48. The summed E-state index contributed by atoms with van der Waals surface area (Å²) in [6.07, 6.45) is 4.32. The van der Waals surface area contributed by atoms with Crippen LogP contribution in [0.3, 0.4) is 0 Å². The minimum atomic E-state index is 0.0884. The first-order valence-corrected chi connectivity index (χ1v) is 4.55. The Morgan fingerprint density at radius 2 is 2.43 bits per heavy atom. The highest BCUT2D eigenvalue weighted by Gasteiger charge is 2.09. The van der Waals surface area contributed by atoms with Crippen LogP contribution >= 0.6 is 0 Å². The van der Waals surface area contributed by atoms with Crippen molar-refractivity contribution < 1.29 is 0 Å². The van der Waals surface area contributed by atoms with Crippen molar-refractivity contribution >= 4 is 0 Å². The molecule has 1 aromatic rings. The van der Waals surface area contributed by atoms with Crippen LogP contribution in [0.2, 0.25) is 0 Å².